The highest BCUT2D eigenvalue weighted by Crippen LogP contribution is 2.22. The van der Waals surface area contributed by atoms with Gasteiger partial charge >= 0.3 is 5.97 Å². The van der Waals surface area contributed by atoms with E-state index in [0.717, 1.165) is 0 Å². The van der Waals surface area contributed by atoms with Crippen LogP contribution >= 0.6 is 23.2 Å². The number of carbonyl (C=O) groups is 1. The minimum absolute atomic E-state index is 0.166. The fourth-order valence-electron chi connectivity index (χ4n) is 0.658. The van der Waals surface area contributed by atoms with Crippen molar-refractivity contribution in [3.63, 3.8) is 0 Å². The second-order valence-corrected chi connectivity index (χ2v) is 3.10. The number of alkyl halides is 2. The zero-order valence-electron chi connectivity index (χ0n) is 6.17. The largest absolute Gasteiger partial charge is 0.464 e. The van der Waals surface area contributed by atoms with Gasteiger partial charge in [0.25, 0.3) is 0 Å². The molecular weight excluding hydrogens is 203 g/mol. The molecule has 1 heterocycles. The smallest absolute Gasteiger partial charge is 0.358 e. The molecule has 0 saturated carbocycles. The summed E-state index contributed by atoms with van der Waals surface area (Å²) in [4.78, 5) is 10.1. The van der Waals surface area contributed by atoms with Crippen molar-refractivity contribution in [2.45, 2.75) is 4.84 Å². The Morgan fingerprint density at radius 3 is 2.83 bits per heavy atom. The molecule has 12 heavy (non-hydrogen) atoms. The van der Waals surface area contributed by atoms with E-state index in [-0.39, 0.29) is 5.69 Å². The second-order valence-electron chi connectivity index (χ2n) is 2.00. The summed E-state index contributed by atoms with van der Waals surface area (Å²) in [6.45, 7) is 0. The first-order chi connectivity index (χ1) is 5.65. The van der Waals surface area contributed by atoms with E-state index in [1.807, 2.05) is 0 Å². The molecular formula is C6H6Cl2N2O2. The van der Waals surface area contributed by atoms with E-state index >= 15 is 0 Å². The average Bonchev–Trinajstić information content (AvgIpc) is 2.51. The fourth-order valence-corrected chi connectivity index (χ4v) is 0.881. The molecule has 0 aliphatic heterocycles. The van der Waals surface area contributed by atoms with E-state index in [1.165, 1.54) is 13.2 Å². The predicted molar refractivity (Wildman–Crippen MR) is 44.4 cm³/mol. The van der Waals surface area contributed by atoms with Crippen molar-refractivity contribution in [3.8, 4) is 0 Å². The zero-order valence-corrected chi connectivity index (χ0v) is 7.69. The lowest BCUT2D eigenvalue weighted by Gasteiger charge is -1.91. The van der Waals surface area contributed by atoms with E-state index < -0.39 is 10.8 Å². The van der Waals surface area contributed by atoms with Gasteiger partial charge in [-0.2, -0.15) is 5.10 Å². The zero-order chi connectivity index (χ0) is 9.14. The minimum Gasteiger partial charge on any atom is -0.464 e. The first-order valence-corrected chi connectivity index (χ1v) is 3.94. The van der Waals surface area contributed by atoms with E-state index in [2.05, 4.69) is 14.9 Å². The molecule has 0 aliphatic rings. The molecule has 0 bridgehead atoms. The maximum Gasteiger partial charge on any atom is 0.358 e. The average molecular weight is 209 g/mol. The van der Waals surface area contributed by atoms with Gasteiger partial charge in [-0.25, -0.2) is 4.79 Å². The SMILES string of the molecule is COC(=O)c1cc(C(Cl)Cl)[nH]n1. The summed E-state index contributed by atoms with van der Waals surface area (Å²) in [7, 11) is 1.27. The van der Waals surface area contributed by atoms with E-state index in [0.29, 0.717) is 5.69 Å². The topological polar surface area (TPSA) is 55.0 Å². The van der Waals surface area contributed by atoms with Crippen molar-refractivity contribution in [2.75, 3.05) is 7.11 Å². The molecule has 0 radical (unpaired) electrons. The molecule has 1 N–H and O–H groups in total. The molecule has 1 rings (SSSR count). The first kappa shape index (κ1) is 9.35. The number of aromatic amines is 1. The van der Waals surface area contributed by atoms with Crippen LogP contribution in [0.4, 0.5) is 0 Å². The number of esters is 1. The monoisotopic (exact) mass is 208 g/mol. The van der Waals surface area contributed by atoms with Crippen molar-refractivity contribution in [3.05, 3.63) is 17.5 Å². The molecule has 6 heteroatoms. The third-order valence-corrected chi connectivity index (χ3v) is 1.70. The van der Waals surface area contributed by atoms with Gasteiger partial charge in [0.15, 0.2) is 5.69 Å². The Bertz CT molecular complexity index is 285. The maximum absolute atomic E-state index is 10.9. The number of hydrogen-bond acceptors (Lipinski definition) is 3. The number of aromatic nitrogens is 2. The number of nitrogens with one attached hydrogen (secondary N) is 1. The van der Waals surface area contributed by atoms with Gasteiger partial charge in [-0.05, 0) is 6.07 Å². The number of rotatable bonds is 2. The third kappa shape index (κ3) is 1.89. The van der Waals surface area contributed by atoms with Crippen LogP contribution in [0.3, 0.4) is 0 Å². The molecule has 0 spiro atoms. The van der Waals surface area contributed by atoms with Gasteiger partial charge in [0, 0.05) is 0 Å². The van der Waals surface area contributed by atoms with Crippen molar-refractivity contribution in [1.82, 2.24) is 10.2 Å². The number of halogens is 2. The molecule has 0 fully saturated rings. The van der Waals surface area contributed by atoms with Crippen molar-refractivity contribution < 1.29 is 9.53 Å². The highest BCUT2D eigenvalue weighted by atomic mass is 35.5. The Morgan fingerprint density at radius 2 is 2.42 bits per heavy atom. The number of methoxy groups -OCH3 is 1. The molecule has 0 amide bonds. The Labute approximate surface area is 78.8 Å². The summed E-state index contributed by atoms with van der Waals surface area (Å²) < 4.78 is 4.42. The van der Waals surface area contributed by atoms with Crippen LogP contribution in [0.25, 0.3) is 0 Å². The van der Waals surface area contributed by atoms with Crippen LogP contribution in [0, 0.1) is 0 Å². The number of hydrogen-bond donors (Lipinski definition) is 1. The second kappa shape index (κ2) is 3.78. The molecule has 0 aromatic carbocycles. The quantitative estimate of drug-likeness (QED) is 0.595. The Morgan fingerprint density at radius 1 is 1.75 bits per heavy atom. The van der Waals surface area contributed by atoms with E-state index in [1.54, 1.807) is 0 Å². The van der Waals surface area contributed by atoms with Crippen LogP contribution in [0.15, 0.2) is 6.07 Å². The lowest BCUT2D eigenvalue weighted by molar-refractivity contribution is 0.0594. The van der Waals surface area contributed by atoms with Crippen LogP contribution < -0.4 is 0 Å². The third-order valence-electron chi connectivity index (χ3n) is 1.23. The number of carbonyl (C=O) groups excluding carboxylic acids is 1. The molecule has 4 nitrogen and oxygen atoms in total. The molecule has 0 atom stereocenters. The summed E-state index contributed by atoms with van der Waals surface area (Å²) in [5, 5.41) is 6.15. The minimum atomic E-state index is -0.712. The molecule has 1 aromatic heterocycles. The maximum atomic E-state index is 10.9. The van der Waals surface area contributed by atoms with Gasteiger partial charge in [-0.3, -0.25) is 5.10 Å². The van der Waals surface area contributed by atoms with Gasteiger partial charge in [-0.1, -0.05) is 23.2 Å². The van der Waals surface area contributed by atoms with Gasteiger partial charge in [0.2, 0.25) is 0 Å². The standard InChI is InChI=1S/C6H6Cl2N2O2/c1-12-6(11)4-2-3(5(7)8)9-10-4/h2,5H,1H3,(H,9,10). The molecule has 0 unspecified atom stereocenters. The van der Waals surface area contributed by atoms with Crippen LogP contribution in [-0.4, -0.2) is 23.3 Å². The highest BCUT2D eigenvalue weighted by Gasteiger charge is 2.13. The van der Waals surface area contributed by atoms with E-state index in [9.17, 15) is 4.79 Å². The van der Waals surface area contributed by atoms with Crippen molar-refractivity contribution in [1.29, 1.82) is 0 Å². The van der Waals surface area contributed by atoms with Gasteiger partial charge in [0.1, 0.15) is 4.84 Å². The summed E-state index contributed by atoms with van der Waals surface area (Å²) in [6.07, 6.45) is 0. The first-order valence-electron chi connectivity index (χ1n) is 3.07. The summed E-state index contributed by atoms with van der Waals surface area (Å²) in [5.41, 5.74) is 0.637. The summed E-state index contributed by atoms with van der Waals surface area (Å²) in [6, 6.07) is 1.44. The normalized spacial score (nSPS) is 10.3. The Kier molecular flexibility index (Phi) is 2.94. The molecule has 0 aliphatic carbocycles. The number of ether oxygens (including phenoxy) is 1. The van der Waals surface area contributed by atoms with Crippen molar-refractivity contribution in [2.24, 2.45) is 0 Å². The summed E-state index contributed by atoms with van der Waals surface area (Å²) >= 11 is 11.0. The predicted octanol–water partition coefficient (Wildman–Crippen LogP) is 1.67. The van der Waals surface area contributed by atoms with Crippen molar-refractivity contribution >= 4 is 29.2 Å². The highest BCUT2D eigenvalue weighted by molar-refractivity contribution is 6.43. The van der Waals surface area contributed by atoms with E-state index in [4.69, 9.17) is 23.2 Å². The molecule has 66 valence electrons. The fraction of sp³-hybridized carbons (Fsp3) is 0.333. The van der Waals surface area contributed by atoms with Gasteiger partial charge in [-0.15, -0.1) is 0 Å². The molecule has 1 aromatic rings. The van der Waals surface area contributed by atoms with Gasteiger partial charge < -0.3 is 4.74 Å². The summed E-state index contributed by atoms with van der Waals surface area (Å²) in [5.74, 6) is -0.522. The van der Waals surface area contributed by atoms with Crippen LogP contribution in [0.2, 0.25) is 0 Å². The van der Waals surface area contributed by atoms with Crippen LogP contribution in [0.5, 0.6) is 0 Å². The Balaban J connectivity index is 2.84. The number of nitrogens with zero attached hydrogens (tertiary/aromatic N) is 1. The Hall–Kier alpha value is -0.740. The van der Waals surface area contributed by atoms with Gasteiger partial charge in [0.05, 0.1) is 12.8 Å². The lowest BCUT2D eigenvalue weighted by Crippen LogP contribution is -2.00. The lowest BCUT2D eigenvalue weighted by atomic mass is 10.4. The van der Waals surface area contributed by atoms with Crippen LogP contribution in [-0.2, 0) is 4.74 Å². The van der Waals surface area contributed by atoms with Crippen LogP contribution in [0.1, 0.15) is 21.0 Å². The number of H-pyrrole nitrogens is 1. The molecule has 0 saturated heterocycles.